The number of rotatable bonds is 5. The van der Waals surface area contributed by atoms with Gasteiger partial charge < -0.3 is 4.98 Å². The lowest BCUT2D eigenvalue weighted by atomic mass is 9.96. The van der Waals surface area contributed by atoms with E-state index in [1.54, 1.807) is 6.20 Å². The van der Waals surface area contributed by atoms with E-state index in [1.807, 2.05) is 36.5 Å². The summed E-state index contributed by atoms with van der Waals surface area (Å²) in [6.07, 6.45) is 6.01. The zero-order chi connectivity index (χ0) is 16.7. The second kappa shape index (κ2) is 5.63. The van der Waals surface area contributed by atoms with Gasteiger partial charge in [-0.1, -0.05) is 13.0 Å². The minimum atomic E-state index is -3.23. The quantitative estimate of drug-likeness (QED) is 0.743. The van der Waals surface area contributed by atoms with Crippen molar-refractivity contribution in [3.05, 3.63) is 48.3 Å². The molecule has 2 aromatic heterocycles. The fraction of sp³-hybridized carbons (Fsp3) is 0.278. The Morgan fingerprint density at radius 3 is 2.79 bits per heavy atom. The maximum atomic E-state index is 12.1. The summed E-state index contributed by atoms with van der Waals surface area (Å²) in [4.78, 5) is 7.45. The maximum Gasteiger partial charge on any atom is 0.235 e. The summed E-state index contributed by atoms with van der Waals surface area (Å²) in [6, 6.07) is 9.78. The smallest absolute Gasteiger partial charge is 0.235 e. The molecule has 2 heterocycles. The molecule has 1 aromatic carbocycles. The molecule has 6 heteroatoms. The third-order valence-corrected chi connectivity index (χ3v) is 6.33. The highest BCUT2D eigenvalue weighted by molar-refractivity contribution is 7.93. The van der Waals surface area contributed by atoms with Crippen molar-refractivity contribution in [2.75, 3.05) is 4.72 Å². The van der Waals surface area contributed by atoms with Crippen LogP contribution in [-0.2, 0) is 16.4 Å². The van der Waals surface area contributed by atoms with E-state index < -0.39 is 10.0 Å². The molecule has 0 bridgehead atoms. The third kappa shape index (κ3) is 2.67. The monoisotopic (exact) mass is 341 g/mol. The number of aromatic nitrogens is 2. The summed E-state index contributed by atoms with van der Waals surface area (Å²) in [5.74, 6) is 0. The van der Waals surface area contributed by atoms with Gasteiger partial charge in [0.05, 0.1) is 5.25 Å². The number of hydrogen-bond donors (Lipinski definition) is 2. The van der Waals surface area contributed by atoms with Crippen molar-refractivity contribution in [2.45, 2.75) is 31.4 Å². The van der Waals surface area contributed by atoms with Gasteiger partial charge in [-0.2, -0.15) is 0 Å². The Morgan fingerprint density at radius 2 is 2.04 bits per heavy atom. The molecule has 4 rings (SSSR count). The first-order chi connectivity index (χ1) is 11.6. The highest BCUT2D eigenvalue weighted by Crippen LogP contribution is 2.33. The van der Waals surface area contributed by atoms with Crippen molar-refractivity contribution < 1.29 is 8.42 Å². The van der Waals surface area contributed by atoms with Gasteiger partial charge in [-0.05, 0) is 60.2 Å². The van der Waals surface area contributed by atoms with E-state index in [0.29, 0.717) is 5.69 Å². The first-order valence-corrected chi connectivity index (χ1v) is 9.70. The Bertz CT molecular complexity index is 1000. The summed E-state index contributed by atoms with van der Waals surface area (Å²) >= 11 is 0. The maximum absolute atomic E-state index is 12.1. The molecule has 2 N–H and O–H groups in total. The second-order valence-electron chi connectivity index (χ2n) is 6.17. The predicted molar refractivity (Wildman–Crippen MR) is 96.5 cm³/mol. The topological polar surface area (TPSA) is 74.8 Å². The molecule has 5 nitrogen and oxygen atoms in total. The van der Waals surface area contributed by atoms with E-state index in [1.165, 1.54) is 0 Å². The molecule has 1 aliphatic carbocycles. The highest BCUT2D eigenvalue weighted by atomic mass is 32.2. The van der Waals surface area contributed by atoms with Crippen LogP contribution in [0.1, 0.15) is 25.3 Å². The molecule has 24 heavy (non-hydrogen) atoms. The lowest BCUT2D eigenvalue weighted by Crippen LogP contribution is -2.17. The number of anilines is 1. The van der Waals surface area contributed by atoms with Crippen molar-refractivity contribution in [3.63, 3.8) is 0 Å². The van der Waals surface area contributed by atoms with Crippen LogP contribution in [0.15, 0.2) is 42.7 Å². The number of aryl methyl sites for hydroxylation is 1. The molecule has 1 fully saturated rings. The predicted octanol–water partition coefficient (Wildman–Crippen LogP) is 3.70. The average Bonchev–Trinajstić information content (AvgIpc) is 3.33. The fourth-order valence-corrected chi connectivity index (χ4v) is 4.41. The Balaban J connectivity index is 1.76. The van der Waals surface area contributed by atoms with Crippen molar-refractivity contribution in [1.82, 2.24) is 9.97 Å². The zero-order valence-electron chi connectivity index (χ0n) is 13.4. The van der Waals surface area contributed by atoms with Crippen LogP contribution in [-0.4, -0.2) is 23.6 Å². The SMILES string of the molecule is CCc1cc(NS(=O)(=O)C2CC2)ccc1-c1ccnc2[nH]ccc12. The summed E-state index contributed by atoms with van der Waals surface area (Å²) in [5.41, 5.74) is 4.82. The number of benzene rings is 1. The number of hydrogen-bond acceptors (Lipinski definition) is 3. The van der Waals surface area contributed by atoms with Crippen molar-refractivity contribution in [1.29, 1.82) is 0 Å². The number of sulfonamides is 1. The van der Waals surface area contributed by atoms with Crippen LogP contribution in [0.25, 0.3) is 22.2 Å². The molecule has 0 unspecified atom stereocenters. The van der Waals surface area contributed by atoms with E-state index in [9.17, 15) is 8.42 Å². The Labute approximate surface area is 141 Å². The van der Waals surface area contributed by atoms with Gasteiger partial charge in [-0.15, -0.1) is 0 Å². The van der Waals surface area contributed by atoms with Crippen molar-refractivity contribution in [3.8, 4) is 11.1 Å². The molecule has 0 spiro atoms. The number of pyridine rings is 1. The molecular formula is C18H19N3O2S. The van der Waals surface area contributed by atoms with E-state index in [0.717, 1.165) is 47.0 Å². The summed E-state index contributed by atoms with van der Waals surface area (Å²) in [6.45, 7) is 2.08. The third-order valence-electron chi connectivity index (χ3n) is 4.46. The standard InChI is InChI=1S/C18H19N3O2S/c1-2-12-11-13(21-24(22,23)14-4-5-14)3-6-15(12)16-7-9-19-18-17(16)8-10-20-18/h3,6-11,14,21H,2,4-5H2,1H3,(H,19,20). The van der Waals surface area contributed by atoms with Crippen LogP contribution < -0.4 is 4.72 Å². The first-order valence-electron chi connectivity index (χ1n) is 8.15. The van der Waals surface area contributed by atoms with E-state index in [-0.39, 0.29) is 5.25 Å². The zero-order valence-corrected chi connectivity index (χ0v) is 14.2. The largest absolute Gasteiger partial charge is 0.346 e. The van der Waals surface area contributed by atoms with E-state index >= 15 is 0 Å². The van der Waals surface area contributed by atoms with E-state index in [4.69, 9.17) is 0 Å². The van der Waals surface area contributed by atoms with Gasteiger partial charge in [-0.25, -0.2) is 13.4 Å². The van der Waals surface area contributed by atoms with Gasteiger partial charge in [0, 0.05) is 23.5 Å². The molecule has 0 amide bonds. The van der Waals surface area contributed by atoms with E-state index in [2.05, 4.69) is 21.6 Å². The molecule has 1 saturated carbocycles. The summed E-state index contributed by atoms with van der Waals surface area (Å²) < 4.78 is 27.0. The Morgan fingerprint density at radius 1 is 1.21 bits per heavy atom. The Hall–Kier alpha value is -2.34. The molecule has 3 aromatic rings. The normalized spacial score (nSPS) is 14.9. The van der Waals surface area contributed by atoms with Gasteiger partial charge in [0.25, 0.3) is 0 Å². The first kappa shape index (κ1) is 15.2. The van der Waals surface area contributed by atoms with Crippen LogP contribution in [0, 0.1) is 0 Å². The molecule has 0 saturated heterocycles. The number of H-pyrrole nitrogens is 1. The number of nitrogens with one attached hydrogen (secondary N) is 2. The van der Waals surface area contributed by atoms with Crippen molar-refractivity contribution in [2.24, 2.45) is 0 Å². The van der Waals surface area contributed by atoms with Gasteiger partial charge in [0.15, 0.2) is 0 Å². The van der Waals surface area contributed by atoms with Gasteiger partial charge in [0.2, 0.25) is 10.0 Å². The second-order valence-corrected chi connectivity index (χ2v) is 8.13. The van der Waals surface area contributed by atoms with Crippen LogP contribution in [0.3, 0.4) is 0 Å². The van der Waals surface area contributed by atoms with Crippen molar-refractivity contribution >= 4 is 26.7 Å². The number of nitrogens with zero attached hydrogens (tertiary/aromatic N) is 1. The molecule has 0 atom stereocenters. The lowest BCUT2D eigenvalue weighted by Gasteiger charge is -2.13. The van der Waals surface area contributed by atoms with Gasteiger partial charge >= 0.3 is 0 Å². The average molecular weight is 341 g/mol. The fourth-order valence-electron chi connectivity index (χ4n) is 3.03. The molecule has 0 radical (unpaired) electrons. The van der Waals surface area contributed by atoms with Crippen LogP contribution in [0.5, 0.6) is 0 Å². The minimum absolute atomic E-state index is 0.220. The molecular weight excluding hydrogens is 322 g/mol. The van der Waals surface area contributed by atoms with Gasteiger partial charge in [0.1, 0.15) is 5.65 Å². The minimum Gasteiger partial charge on any atom is -0.346 e. The summed E-state index contributed by atoms with van der Waals surface area (Å²) in [7, 11) is -3.23. The van der Waals surface area contributed by atoms with Crippen LogP contribution >= 0.6 is 0 Å². The lowest BCUT2D eigenvalue weighted by molar-refractivity contribution is 0.600. The molecule has 0 aliphatic heterocycles. The number of aromatic amines is 1. The molecule has 1 aliphatic rings. The Kier molecular flexibility index (Phi) is 3.57. The summed E-state index contributed by atoms with van der Waals surface area (Å²) in [5, 5.41) is 0.848. The molecule has 124 valence electrons. The van der Waals surface area contributed by atoms with Crippen LogP contribution in [0.4, 0.5) is 5.69 Å². The van der Waals surface area contributed by atoms with Crippen LogP contribution in [0.2, 0.25) is 0 Å². The number of fused-ring (bicyclic) bond motifs is 1. The van der Waals surface area contributed by atoms with Gasteiger partial charge in [-0.3, -0.25) is 4.72 Å². The highest BCUT2D eigenvalue weighted by Gasteiger charge is 2.35.